The molecule has 1 fully saturated rings. The molecule has 1 aromatic carbocycles. The SMILES string of the molecule is CCC[C@H]1C(=O)N(Cc2ccc3c(N)ncnc3c2)CCN1CN1CSC(c2ccc(Cl)s2)=N1.O=C(O)C(F)(F)F.O=C(O)C(F)(F)F. The molecule has 1 atom stereocenters. The summed E-state index contributed by atoms with van der Waals surface area (Å²) in [5.74, 6) is -4.09. The van der Waals surface area contributed by atoms with Crippen molar-refractivity contribution in [1.82, 2.24) is 24.8 Å². The van der Waals surface area contributed by atoms with Crippen LogP contribution in [0.25, 0.3) is 10.9 Å². The highest BCUT2D eigenvalue weighted by atomic mass is 35.5. The first-order valence-corrected chi connectivity index (χ1v) is 15.9. The number of thiophene rings is 1. The lowest BCUT2D eigenvalue weighted by molar-refractivity contribution is -0.193. The maximum absolute atomic E-state index is 13.5. The Morgan fingerprint density at radius 2 is 1.69 bits per heavy atom. The molecule has 0 radical (unpaired) electrons. The number of aromatic nitrogens is 2. The number of nitrogen functional groups attached to an aromatic ring is 1. The van der Waals surface area contributed by atoms with Crippen LogP contribution in [0.3, 0.4) is 0 Å². The van der Waals surface area contributed by atoms with Gasteiger partial charge >= 0.3 is 24.3 Å². The third kappa shape index (κ3) is 10.8. The number of nitrogens with zero attached hydrogens (tertiary/aromatic N) is 6. The minimum atomic E-state index is -5.08. The van der Waals surface area contributed by atoms with Gasteiger partial charge in [-0.1, -0.05) is 42.8 Å². The van der Waals surface area contributed by atoms with Crippen molar-refractivity contribution in [2.45, 2.75) is 44.7 Å². The van der Waals surface area contributed by atoms with Gasteiger partial charge in [0.05, 0.1) is 33.3 Å². The van der Waals surface area contributed by atoms with Gasteiger partial charge in [-0.05, 0) is 36.2 Å². The van der Waals surface area contributed by atoms with E-state index in [-0.39, 0.29) is 11.9 Å². The van der Waals surface area contributed by atoms with Crippen molar-refractivity contribution in [2.75, 3.05) is 31.4 Å². The number of benzene rings is 1. The molecule has 2 aromatic heterocycles. The van der Waals surface area contributed by atoms with Gasteiger partial charge in [0.1, 0.15) is 17.2 Å². The monoisotopic (exact) mass is 743 g/mol. The fraction of sp³-hybridized carbons (Fsp3) is 0.407. The average molecular weight is 744 g/mol. The van der Waals surface area contributed by atoms with Gasteiger partial charge in [-0.25, -0.2) is 19.6 Å². The molecule has 0 spiro atoms. The van der Waals surface area contributed by atoms with Crippen molar-refractivity contribution in [1.29, 1.82) is 0 Å². The van der Waals surface area contributed by atoms with E-state index >= 15 is 0 Å². The smallest absolute Gasteiger partial charge is 0.475 e. The number of rotatable bonds is 7. The zero-order chi connectivity index (χ0) is 35.8. The van der Waals surface area contributed by atoms with Crippen LogP contribution in [0, 0.1) is 0 Å². The summed E-state index contributed by atoms with van der Waals surface area (Å²) in [7, 11) is 0. The summed E-state index contributed by atoms with van der Waals surface area (Å²) in [5, 5.41) is 22.9. The molecule has 4 heterocycles. The Kier molecular flexibility index (Phi) is 13.2. The van der Waals surface area contributed by atoms with E-state index in [1.165, 1.54) is 6.33 Å². The molecule has 21 heteroatoms. The van der Waals surface area contributed by atoms with Gasteiger partial charge in [0.15, 0.2) is 0 Å². The summed E-state index contributed by atoms with van der Waals surface area (Å²) in [5.41, 5.74) is 7.79. The average Bonchev–Trinajstić information content (AvgIpc) is 3.65. The van der Waals surface area contributed by atoms with Crippen molar-refractivity contribution < 1.29 is 50.9 Å². The van der Waals surface area contributed by atoms with E-state index < -0.39 is 24.3 Å². The fourth-order valence-electron chi connectivity index (χ4n) is 4.38. The molecule has 5 rings (SSSR count). The fourth-order valence-corrected chi connectivity index (χ4v) is 6.40. The summed E-state index contributed by atoms with van der Waals surface area (Å²) in [6, 6.07) is 9.71. The van der Waals surface area contributed by atoms with Crippen LogP contribution >= 0.6 is 34.7 Å². The lowest BCUT2D eigenvalue weighted by Gasteiger charge is -2.41. The van der Waals surface area contributed by atoms with Crippen molar-refractivity contribution in [3.63, 3.8) is 0 Å². The highest BCUT2D eigenvalue weighted by molar-refractivity contribution is 8.14. The highest BCUT2D eigenvalue weighted by Crippen LogP contribution is 2.30. The van der Waals surface area contributed by atoms with E-state index in [0.717, 1.165) is 56.0 Å². The predicted octanol–water partition coefficient (Wildman–Crippen LogP) is 5.33. The number of carboxylic acids is 2. The van der Waals surface area contributed by atoms with E-state index in [9.17, 15) is 31.1 Å². The molecule has 4 N–H and O–H groups in total. The lowest BCUT2D eigenvalue weighted by atomic mass is 10.0. The first kappa shape index (κ1) is 38.6. The number of piperazine rings is 1. The number of nitrogens with two attached hydrogens (primary N) is 1. The van der Waals surface area contributed by atoms with Crippen LogP contribution in [-0.2, 0) is 20.9 Å². The third-order valence-corrected chi connectivity index (χ3v) is 8.93. The van der Waals surface area contributed by atoms with E-state index in [0.29, 0.717) is 25.6 Å². The molecule has 2 aliphatic rings. The minimum Gasteiger partial charge on any atom is -0.475 e. The molecule has 262 valence electrons. The zero-order valence-corrected chi connectivity index (χ0v) is 27.2. The van der Waals surface area contributed by atoms with Crippen molar-refractivity contribution in [2.24, 2.45) is 5.10 Å². The number of carbonyl (C=O) groups excluding carboxylic acids is 1. The van der Waals surface area contributed by atoms with Gasteiger partial charge in [0.25, 0.3) is 0 Å². The largest absolute Gasteiger partial charge is 0.490 e. The summed E-state index contributed by atoms with van der Waals surface area (Å²) < 4.78 is 64.2. The lowest BCUT2D eigenvalue weighted by Crippen LogP contribution is -2.58. The number of thioether (sulfide) groups is 1. The number of carboxylic acid groups (broad SMARTS) is 2. The number of hydrazone groups is 1. The Balaban J connectivity index is 0.000000376. The summed E-state index contributed by atoms with van der Waals surface area (Å²) >= 11 is 9.34. The maximum atomic E-state index is 13.5. The highest BCUT2D eigenvalue weighted by Gasteiger charge is 2.39. The number of halogens is 7. The molecule has 12 nitrogen and oxygen atoms in total. The summed E-state index contributed by atoms with van der Waals surface area (Å²) in [6.07, 6.45) is -6.92. The molecule has 0 aliphatic carbocycles. The minimum absolute atomic E-state index is 0.141. The second-order valence-corrected chi connectivity index (χ2v) is 12.7. The molecule has 0 bridgehead atoms. The molecule has 0 unspecified atom stereocenters. The number of alkyl halides is 6. The van der Waals surface area contributed by atoms with Crippen molar-refractivity contribution in [3.8, 4) is 0 Å². The van der Waals surface area contributed by atoms with Gasteiger partial charge < -0.3 is 20.8 Å². The topological polar surface area (TPSA) is 166 Å². The van der Waals surface area contributed by atoms with Crippen LogP contribution in [0.15, 0.2) is 41.8 Å². The number of fused-ring (bicyclic) bond motifs is 1. The molecular weight excluding hydrogens is 716 g/mol. The number of amides is 1. The van der Waals surface area contributed by atoms with Crippen LogP contribution in [0.5, 0.6) is 0 Å². The van der Waals surface area contributed by atoms with Gasteiger partial charge in [0.2, 0.25) is 5.91 Å². The number of carbonyl (C=O) groups is 3. The predicted molar refractivity (Wildman–Crippen MR) is 167 cm³/mol. The van der Waals surface area contributed by atoms with Crippen LogP contribution < -0.4 is 5.73 Å². The quantitative estimate of drug-likeness (QED) is 0.268. The van der Waals surface area contributed by atoms with Crippen molar-refractivity contribution >= 4 is 74.3 Å². The van der Waals surface area contributed by atoms with Gasteiger partial charge in [-0.3, -0.25) is 14.7 Å². The summed E-state index contributed by atoms with van der Waals surface area (Å²) in [6.45, 7) is 4.83. The van der Waals surface area contributed by atoms with Gasteiger partial charge in [-0.2, -0.15) is 31.4 Å². The zero-order valence-electron chi connectivity index (χ0n) is 24.8. The summed E-state index contributed by atoms with van der Waals surface area (Å²) in [4.78, 5) is 45.0. The molecule has 2 aliphatic heterocycles. The van der Waals surface area contributed by atoms with Gasteiger partial charge in [-0.15, -0.1) is 11.3 Å². The molecule has 1 saturated heterocycles. The Morgan fingerprint density at radius 1 is 1.04 bits per heavy atom. The van der Waals surface area contributed by atoms with Crippen LogP contribution in [0.2, 0.25) is 4.34 Å². The van der Waals surface area contributed by atoms with E-state index in [2.05, 4.69) is 21.8 Å². The normalized spacial score (nSPS) is 17.0. The number of hydrogen-bond donors (Lipinski definition) is 3. The Morgan fingerprint density at radius 3 is 2.25 bits per heavy atom. The second kappa shape index (κ2) is 16.5. The second-order valence-electron chi connectivity index (χ2n) is 10.0. The Hall–Kier alpha value is -3.88. The Labute approximate surface area is 282 Å². The molecule has 0 saturated carbocycles. The van der Waals surface area contributed by atoms with E-state index in [1.807, 2.05) is 40.2 Å². The van der Waals surface area contributed by atoms with E-state index in [4.69, 9.17) is 42.2 Å². The van der Waals surface area contributed by atoms with Crippen LogP contribution in [0.1, 0.15) is 30.2 Å². The molecule has 48 heavy (non-hydrogen) atoms. The number of hydrogen-bond acceptors (Lipinski definition) is 11. The molecular formula is C27H28ClF6N7O5S2. The first-order chi connectivity index (χ1) is 22.4. The standard InChI is InChI=1S/C23H26ClN7OS2.2C2HF3O2/c1-2-3-18-23(32)29(11-15-4-5-16-17(10-15)26-12-27-21(16)25)8-9-30(18)13-31-14-33-22(28-31)19-6-7-20(24)34-19;2*3-2(4,5)1(6)7/h4-7,10,12,18H,2-3,8-9,11,13-14H2,1H3,(H2,25,26,27);2*(H,6,7)/t18-;;/m0../s1. The van der Waals surface area contributed by atoms with Gasteiger partial charge in [0, 0.05) is 25.0 Å². The third-order valence-electron chi connectivity index (χ3n) is 6.56. The Bertz CT molecular complexity index is 1620. The molecule has 1 amide bonds. The van der Waals surface area contributed by atoms with E-state index in [1.54, 1.807) is 23.1 Å². The number of aliphatic carboxylic acids is 2. The maximum Gasteiger partial charge on any atom is 0.490 e. The number of anilines is 1. The molecule has 3 aromatic rings. The first-order valence-electron chi connectivity index (χ1n) is 13.7. The van der Waals surface area contributed by atoms with Crippen LogP contribution in [-0.4, -0.2) is 102 Å². The van der Waals surface area contributed by atoms with Crippen molar-refractivity contribution in [3.05, 3.63) is 51.4 Å². The van der Waals surface area contributed by atoms with Crippen LogP contribution in [0.4, 0.5) is 32.2 Å².